The number of ether oxygens (including phenoxy) is 2. The smallest absolute Gasteiger partial charge is 0.375 e. The van der Waals surface area contributed by atoms with E-state index in [0.29, 0.717) is 41.1 Å². The summed E-state index contributed by atoms with van der Waals surface area (Å²) in [6, 6.07) is 10.9. The fourth-order valence-corrected chi connectivity index (χ4v) is 4.80. The molecule has 0 saturated carbocycles. The molecule has 1 heterocycles. The van der Waals surface area contributed by atoms with Gasteiger partial charge in [0.25, 0.3) is 5.91 Å². The second-order valence-corrected chi connectivity index (χ2v) is 9.09. The predicted molar refractivity (Wildman–Crippen MR) is 123 cm³/mol. The summed E-state index contributed by atoms with van der Waals surface area (Å²) < 4.78 is 42.3. The molecule has 3 rings (SSSR count). The molecule has 0 aliphatic rings. The monoisotopic (exact) mass is 474 g/mol. The fourth-order valence-electron chi connectivity index (χ4n) is 3.34. The van der Waals surface area contributed by atoms with Crippen molar-refractivity contribution in [3.63, 3.8) is 0 Å². The number of carbonyl (C=O) groups is 2. The van der Waals surface area contributed by atoms with Gasteiger partial charge in [-0.2, -0.15) is 4.31 Å². The molecular weight excluding hydrogens is 448 g/mol. The topological polar surface area (TPSA) is 115 Å². The Bertz CT molecular complexity index is 1260. The standard InChI is InChI=1S/C23H26N2O7S/c1-5-25(6-2)33(28,29)18-10-7-16(8-11-18)24-21(26)14-31-23(27)22-15(3)19-13-17(30-4)9-12-20(19)32-22/h7-13H,5-6,14H2,1-4H3,(H,24,26). The van der Waals surface area contributed by atoms with Crippen LogP contribution >= 0.6 is 0 Å². The largest absolute Gasteiger partial charge is 0.497 e. The van der Waals surface area contributed by atoms with E-state index in [1.807, 2.05) is 0 Å². The molecule has 1 amide bonds. The van der Waals surface area contributed by atoms with E-state index in [4.69, 9.17) is 13.9 Å². The third kappa shape index (κ3) is 5.18. The van der Waals surface area contributed by atoms with E-state index in [1.54, 1.807) is 46.1 Å². The first-order valence-electron chi connectivity index (χ1n) is 10.4. The molecule has 1 N–H and O–H groups in total. The number of methoxy groups -OCH3 is 1. The number of anilines is 1. The number of hydrogen-bond donors (Lipinski definition) is 1. The van der Waals surface area contributed by atoms with Gasteiger partial charge in [-0.15, -0.1) is 0 Å². The number of nitrogens with one attached hydrogen (secondary N) is 1. The molecule has 0 bridgehead atoms. The lowest BCUT2D eigenvalue weighted by Crippen LogP contribution is -2.30. The third-order valence-electron chi connectivity index (χ3n) is 5.14. The number of furan rings is 1. The Morgan fingerprint density at radius 3 is 2.33 bits per heavy atom. The van der Waals surface area contributed by atoms with Gasteiger partial charge in [-0.3, -0.25) is 4.79 Å². The van der Waals surface area contributed by atoms with E-state index in [2.05, 4.69) is 5.32 Å². The first-order valence-corrected chi connectivity index (χ1v) is 11.8. The van der Waals surface area contributed by atoms with E-state index in [-0.39, 0.29) is 10.7 Å². The SMILES string of the molecule is CCN(CC)S(=O)(=O)c1ccc(NC(=O)COC(=O)c2oc3ccc(OC)cc3c2C)cc1. The van der Waals surface area contributed by atoms with E-state index in [9.17, 15) is 18.0 Å². The maximum Gasteiger partial charge on any atom is 0.375 e. The summed E-state index contributed by atoms with van der Waals surface area (Å²) >= 11 is 0. The van der Waals surface area contributed by atoms with Gasteiger partial charge in [-0.25, -0.2) is 13.2 Å². The number of nitrogens with zero attached hydrogens (tertiary/aromatic N) is 1. The van der Waals surface area contributed by atoms with Crippen LogP contribution in [0.5, 0.6) is 5.75 Å². The Morgan fingerprint density at radius 2 is 1.73 bits per heavy atom. The number of benzene rings is 2. The van der Waals surface area contributed by atoms with Gasteiger partial charge in [0.15, 0.2) is 6.61 Å². The lowest BCUT2D eigenvalue weighted by atomic mass is 10.1. The first kappa shape index (κ1) is 24.3. The molecule has 0 saturated heterocycles. The van der Waals surface area contributed by atoms with Crippen molar-refractivity contribution in [1.82, 2.24) is 4.31 Å². The van der Waals surface area contributed by atoms with Gasteiger partial charge in [-0.1, -0.05) is 13.8 Å². The summed E-state index contributed by atoms with van der Waals surface area (Å²) in [4.78, 5) is 24.8. The average molecular weight is 475 g/mol. The summed E-state index contributed by atoms with van der Waals surface area (Å²) in [7, 11) is -2.04. The lowest BCUT2D eigenvalue weighted by molar-refractivity contribution is -0.119. The second kappa shape index (κ2) is 10.1. The van der Waals surface area contributed by atoms with Gasteiger partial charge in [0.2, 0.25) is 15.8 Å². The van der Waals surface area contributed by atoms with Crippen LogP contribution in [0.2, 0.25) is 0 Å². The van der Waals surface area contributed by atoms with Gasteiger partial charge >= 0.3 is 5.97 Å². The molecule has 0 atom stereocenters. The van der Waals surface area contributed by atoms with Crippen molar-refractivity contribution in [3.8, 4) is 5.75 Å². The van der Waals surface area contributed by atoms with Crippen molar-refractivity contribution in [2.75, 3.05) is 32.1 Å². The lowest BCUT2D eigenvalue weighted by Gasteiger charge is -2.18. The number of esters is 1. The van der Waals surface area contributed by atoms with Crippen LogP contribution in [0.1, 0.15) is 30.0 Å². The molecule has 1 aromatic heterocycles. The Morgan fingerprint density at radius 1 is 1.06 bits per heavy atom. The van der Waals surface area contributed by atoms with Crippen molar-refractivity contribution in [2.24, 2.45) is 0 Å². The number of rotatable bonds is 9. The number of fused-ring (bicyclic) bond motifs is 1. The summed E-state index contributed by atoms with van der Waals surface area (Å²) in [6.45, 7) is 5.44. The quantitative estimate of drug-likeness (QED) is 0.471. The zero-order valence-corrected chi connectivity index (χ0v) is 19.7. The highest BCUT2D eigenvalue weighted by Crippen LogP contribution is 2.29. The Balaban J connectivity index is 1.62. The number of amides is 1. The Hall–Kier alpha value is -3.37. The fraction of sp³-hybridized carbons (Fsp3) is 0.304. The molecule has 0 spiro atoms. The predicted octanol–water partition coefficient (Wildman–Crippen LogP) is 3.58. The Labute approximate surface area is 192 Å². The second-order valence-electron chi connectivity index (χ2n) is 7.16. The zero-order valence-electron chi connectivity index (χ0n) is 18.9. The van der Waals surface area contributed by atoms with Crippen molar-refractivity contribution in [2.45, 2.75) is 25.7 Å². The van der Waals surface area contributed by atoms with Gasteiger partial charge < -0.3 is 19.2 Å². The molecule has 3 aromatic rings. The van der Waals surface area contributed by atoms with Crippen LogP contribution in [-0.4, -0.2) is 51.4 Å². The maximum atomic E-state index is 12.5. The highest BCUT2D eigenvalue weighted by atomic mass is 32.2. The molecule has 0 aliphatic heterocycles. The van der Waals surface area contributed by atoms with Crippen molar-refractivity contribution >= 4 is 38.6 Å². The van der Waals surface area contributed by atoms with Crippen LogP contribution in [0.4, 0.5) is 5.69 Å². The van der Waals surface area contributed by atoms with E-state index >= 15 is 0 Å². The summed E-state index contributed by atoms with van der Waals surface area (Å²) in [5.41, 5.74) is 1.46. The molecule has 0 unspecified atom stereocenters. The minimum absolute atomic E-state index is 0.0111. The normalized spacial score (nSPS) is 11.5. The van der Waals surface area contributed by atoms with Crippen LogP contribution in [0.15, 0.2) is 51.8 Å². The number of aryl methyl sites for hydroxylation is 1. The zero-order chi connectivity index (χ0) is 24.2. The van der Waals surface area contributed by atoms with Gasteiger partial charge in [-0.05, 0) is 49.4 Å². The maximum absolute atomic E-state index is 12.5. The van der Waals surface area contributed by atoms with Crippen LogP contribution in [0, 0.1) is 6.92 Å². The van der Waals surface area contributed by atoms with Crippen molar-refractivity contribution < 1.29 is 31.9 Å². The molecule has 0 fully saturated rings. The van der Waals surface area contributed by atoms with E-state index in [0.717, 1.165) is 0 Å². The summed E-state index contributed by atoms with van der Waals surface area (Å²) in [5.74, 6) is -0.699. The third-order valence-corrected chi connectivity index (χ3v) is 7.21. The first-order chi connectivity index (χ1) is 15.7. The molecule has 0 aliphatic carbocycles. The molecule has 2 aromatic carbocycles. The molecule has 10 heteroatoms. The van der Waals surface area contributed by atoms with Crippen LogP contribution in [-0.2, 0) is 19.6 Å². The molecule has 176 valence electrons. The minimum Gasteiger partial charge on any atom is -0.497 e. The molecular formula is C23H26N2O7S. The molecule has 33 heavy (non-hydrogen) atoms. The van der Waals surface area contributed by atoms with Gasteiger partial charge in [0.1, 0.15) is 11.3 Å². The van der Waals surface area contributed by atoms with Crippen LogP contribution < -0.4 is 10.1 Å². The van der Waals surface area contributed by atoms with Crippen molar-refractivity contribution in [1.29, 1.82) is 0 Å². The van der Waals surface area contributed by atoms with Crippen molar-refractivity contribution in [3.05, 3.63) is 53.8 Å². The van der Waals surface area contributed by atoms with E-state index in [1.165, 1.54) is 28.6 Å². The van der Waals surface area contributed by atoms with Gasteiger partial charge in [0, 0.05) is 29.7 Å². The highest BCUT2D eigenvalue weighted by molar-refractivity contribution is 7.89. The number of carbonyl (C=O) groups excluding carboxylic acids is 2. The van der Waals surface area contributed by atoms with Crippen LogP contribution in [0.3, 0.4) is 0 Å². The summed E-state index contributed by atoms with van der Waals surface area (Å²) in [5, 5.41) is 3.28. The highest BCUT2D eigenvalue weighted by Gasteiger charge is 2.22. The minimum atomic E-state index is -3.59. The average Bonchev–Trinajstić information content (AvgIpc) is 3.14. The van der Waals surface area contributed by atoms with Gasteiger partial charge in [0.05, 0.1) is 12.0 Å². The molecule has 0 radical (unpaired) electrons. The molecule has 9 nitrogen and oxygen atoms in total. The Kier molecular flexibility index (Phi) is 7.39. The van der Waals surface area contributed by atoms with Crippen LogP contribution in [0.25, 0.3) is 11.0 Å². The number of hydrogen-bond acceptors (Lipinski definition) is 7. The van der Waals surface area contributed by atoms with E-state index < -0.39 is 28.5 Å². The summed E-state index contributed by atoms with van der Waals surface area (Å²) in [6.07, 6.45) is 0. The number of sulfonamides is 1.